The highest BCUT2D eigenvalue weighted by molar-refractivity contribution is 7.22. The zero-order chi connectivity index (χ0) is 28.9. The van der Waals surface area contributed by atoms with E-state index in [4.69, 9.17) is 19.2 Å². The summed E-state index contributed by atoms with van der Waals surface area (Å²) in [6.07, 6.45) is 1.96. The van der Waals surface area contributed by atoms with Crippen LogP contribution in [0.2, 0.25) is 0 Å². The van der Waals surface area contributed by atoms with E-state index < -0.39 is 17.7 Å². The standard InChI is InChI=1S/C32H32N2O6S/c1-4-7-18-40-23-12-8-20(9-13-23)28-27(29(35)21-10-14-22(15-11-21)38-5-2)30(36)31(37)34(28)32-33-25-17-16-24(39-6-3)19-26(25)41-32/h8-17,19,28,35H,4-7,18H2,1-3H3/b29-27+. The van der Waals surface area contributed by atoms with Crippen LogP contribution in [0.25, 0.3) is 16.0 Å². The Morgan fingerprint density at radius 3 is 2.20 bits per heavy atom. The third-order valence-electron chi connectivity index (χ3n) is 6.71. The van der Waals surface area contributed by atoms with Crippen LogP contribution in [0.15, 0.2) is 72.3 Å². The molecule has 1 aliphatic heterocycles. The molecule has 9 heteroatoms. The van der Waals surface area contributed by atoms with Crippen LogP contribution >= 0.6 is 11.3 Å². The van der Waals surface area contributed by atoms with Crippen LogP contribution in [0.3, 0.4) is 0 Å². The van der Waals surface area contributed by atoms with Gasteiger partial charge in [-0.05, 0) is 80.4 Å². The smallest absolute Gasteiger partial charge is 0.301 e. The zero-order valence-electron chi connectivity index (χ0n) is 23.3. The fourth-order valence-electron chi connectivity index (χ4n) is 4.71. The number of ether oxygens (including phenoxy) is 3. The van der Waals surface area contributed by atoms with Gasteiger partial charge in [0.2, 0.25) is 0 Å². The molecule has 0 aliphatic carbocycles. The monoisotopic (exact) mass is 572 g/mol. The van der Waals surface area contributed by atoms with E-state index in [0.29, 0.717) is 58.8 Å². The van der Waals surface area contributed by atoms with E-state index in [9.17, 15) is 14.7 Å². The highest BCUT2D eigenvalue weighted by Crippen LogP contribution is 2.45. The summed E-state index contributed by atoms with van der Waals surface area (Å²) >= 11 is 1.29. The van der Waals surface area contributed by atoms with Crippen LogP contribution in [0.5, 0.6) is 17.2 Å². The minimum Gasteiger partial charge on any atom is -0.507 e. The molecule has 0 radical (unpaired) electrons. The number of carbonyl (C=O) groups is 2. The predicted molar refractivity (Wildman–Crippen MR) is 160 cm³/mol. The molecule has 0 spiro atoms. The normalized spacial score (nSPS) is 16.4. The number of aromatic nitrogens is 1. The molecule has 41 heavy (non-hydrogen) atoms. The maximum atomic E-state index is 13.6. The maximum Gasteiger partial charge on any atom is 0.301 e. The first-order valence-electron chi connectivity index (χ1n) is 13.8. The van der Waals surface area contributed by atoms with Crippen LogP contribution in [-0.2, 0) is 9.59 Å². The first-order valence-corrected chi connectivity index (χ1v) is 14.6. The summed E-state index contributed by atoms with van der Waals surface area (Å²) < 4.78 is 17.8. The Bertz CT molecular complexity index is 1580. The van der Waals surface area contributed by atoms with E-state index in [1.54, 1.807) is 24.3 Å². The number of unbranched alkanes of at least 4 members (excludes halogenated alkanes) is 1. The molecule has 0 bridgehead atoms. The van der Waals surface area contributed by atoms with Crippen molar-refractivity contribution in [3.8, 4) is 17.2 Å². The Kier molecular flexibility index (Phi) is 8.54. The first kappa shape index (κ1) is 28.2. The van der Waals surface area contributed by atoms with E-state index in [1.165, 1.54) is 16.2 Å². The lowest BCUT2D eigenvalue weighted by Crippen LogP contribution is -2.29. The number of hydrogen-bond donors (Lipinski definition) is 1. The van der Waals surface area contributed by atoms with E-state index in [1.807, 2.05) is 56.3 Å². The fourth-order valence-corrected chi connectivity index (χ4v) is 5.73. The topological polar surface area (TPSA) is 98.2 Å². The molecule has 212 valence electrons. The zero-order valence-corrected chi connectivity index (χ0v) is 24.1. The maximum absolute atomic E-state index is 13.6. The van der Waals surface area contributed by atoms with Crippen LogP contribution < -0.4 is 19.1 Å². The first-order chi connectivity index (χ1) is 19.9. The van der Waals surface area contributed by atoms with E-state index in [-0.39, 0.29) is 11.3 Å². The van der Waals surface area contributed by atoms with Crippen LogP contribution in [0, 0.1) is 0 Å². The molecular weight excluding hydrogens is 540 g/mol. The number of aliphatic hydroxyl groups excluding tert-OH is 1. The van der Waals surface area contributed by atoms with Crippen molar-refractivity contribution >= 4 is 44.1 Å². The summed E-state index contributed by atoms with van der Waals surface area (Å²) in [6.45, 7) is 7.51. The molecule has 1 fully saturated rings. The number of fused-ring (bicyclic) bond motifs is 1. The number of Topliss-reactive ketones (excluding diaryl/α,β-unsaturated/α-hetero) is 1. The van der Waals surface area contributed by atoms with Gasteiger partial charge in [-0.15, -0.1) is 0 Å². The van der Waals surface area contributed by atoms with Crippen LogP contribution in [0.1, 0.15) is 50.8 Å². The van der Waals surface area contributed by atoms with Crippen LogP contribution in [0.4, 0.5) is 5.13 Å². The summed E-state index contributed by atoms with van der Waals surface area (Å²) in [4.78, 5) is 33.2. The third kappa shape index (κ3) is 5.76. The number of anilines is 1. The highest BCUT2D eigenvalue weighted by Gasteiger charge is 2.48. The van der Waals surface area contributed by atoms with Gasteiger partial charge in [-0.1, -0.05) is 36.8 Å². The number of aliphatic hydroxyl groups is 1. The number of carbonyl (C=O) groups excluding carboxylic acids is 2. The Labute approximate surface area is 242 Å². The van der Waals surface area contributed by atoms with Gasteiger partial charge in [0.1, 0.15) is 23.0 Å². The van der Waals surface area contributed by atoms with Crippen molar-refractivity contribution in [1.29, 1.82) is 0 Å². The number of thiazole rings is 1. The van der Waals surface area contributed by atoms with E-state index in [2.05, 4.69) is 6.92 Å². The quantitative estimate of drug-likeness (QED) is 0.0904. The largest absolute Gasteiger partial charge is 0.507 e. The molecule has 5 rings (SSSR count). The molecule has 4 aromatic rings. The van der Waals surface area contributed by atoms with Gasteiger partial charge >= 0.3 is 5.91 Å². The van der Waals surface area contributed by atoms with E-state index in [0.717, 1.165) is 17.5 Å². The second kappa shape index (κ2) is 12.4. The minimum absolute atomic E-state index is 0.00641. The number of rotatable bonds is 11. The predicted octanol–water partition coefficient (Wildman–Crippen LogP) is 6.90. The molecule has 8 nitrogen and oxygen atoms in total. The average Bonchev–Trinajstić information content (AvgIpc) is 3.51. The number of amides is 1. The molecule has 1 amide bonds. The summed E-state index contributed by atoms with van der Waals surface area (Å²) in [6, 6.07) is 18.7. The minimum atomic E-state index is -0.891. The van der Waals surface area contributed by atoms with Crippen LogP contribution in [-0.4, -0.2) is 41.6 Å². The number of hydrogen-bond acceptors (Lipinski definition) is 8. The summed E-state index contributed by atoms with van der Waals surface area (Å²) in [5.41, 5.74) is 1.73. The molecule has 1 saturated heterocycles. The Balaban J connectivity index is 1.60. The van der Waals surface area contributed by atoms with Crippen molar-refractivity contribution in [3.05, 3.63) is 83.4 Å². The van der Waals surface area contributed by atoms with Gasteiger partial charge in [-0.2, -0.15) is 0 Å². The number of nitrogens with zero attached hydrogens (tertiary/aromatic N) is 2. The third-order valence-corrected chi connectivity index (χ3v) is 7.73. The van der Waals surface area contributed by atoms with Gasteiger partial charge < -0.3 is 19.3 Å². The second-order valence-corrected chi connectivity index (χ2v) is 10.5. The molecule has 1 unspecified atom stereocenters. The Morgan fingerprint density at radius 1 is 0.878 bits per heavy atom. The lowest BCUT2D eigenvalue weighted by Gasteiger charge is -2.23. The molecule has 3 aromatic carbocycles. The number of benzene rings is 3. The molecule has 1 atom stereocenters. The fraction of sp³-hybridized carbons (Fsp3) is 0.281. The van der Waals surface area contributed by atoms with Crippen molar-refractivity contribution in [2.24, 2.45) is 0 Å². The highest BCUT2D eigenvalue weighted by atomic mass is 32.1. The van der Waals surface area contributed by atoms with Crippen molar-refractivity contribution in [1.82, 2.24) is 4.98 Å². The lowest BCUT2D eigenvalue weighted by molar-refractivity contribution is -0.132. The van der Waals surface area contributed by atoms with Gasteiger partial charge in [0, 0.05) is 5.56 Å². The molecule has 1 aromatic heterocycles. The second-order valence-electron chi connectivity index (χ2n) is 9.46. The van der Waals surface area contributed by atoms with Crippen molar-refractivity contribution < 1.29 is 28.9 Å². The Morgan fingerprint density at radius 2 is 1.51 bits per heavy atom. The van der Waals surface area contributed by atoms with Crippen molar-refractivity contribution in [3.63, 3.8) is 0 Å². The summed E-state index contributed by atoms with van der Waals surface area (Å²) in [5.74, 6) is 0.230. The van der Waals surface area contributed by atoms with Crippen molar-refractivity contribution in [2.75, 3.05) is 24.7 Å². The van der Waals surface area contributed by atoms with Gasteiger partial charge in [0.15, 0.2) is 5.13 Å². The summed E-state index contributed by atoms with van der Waals surface area (Å²) in [5, 5.41) is 11.8. The van der Waals surface area contributed by atoms with E-state index >= 15 is 0 Å². The molecule has 2 heterocycles. The Hall–Kier alpha value is -4.37. The average molecular weight is 573 g/mol. The van der Waals surface area contributed by atoms with Crippen molar-refractivity contribution in [2.45, 2.75) is 39.7 Å². The SMILES string of the molecule is CCCCOc1ccc(C2/C(=C(\O)c3ccc(OCC)cc3)C(=O)C(=O)N2c2nc3ccc(OCC)cc3s2)cc1. The van der Waals surface area contributed by atoms with Gasteiger partial charge in [0.25, 0.3) is 5.78 Å². The molecule has 1 aliphatic rings. The molecular formula is C32H32N2O6S. The van der Waals surface area contributed by atoms with Gasteiger partial charge in [-0.3, -0.25) is 14.5 Å². The summed E-state index contributed by atoms with van der Waals surface area (Å²) in [7, 11) is 0. The number of ketones is 1. The lowest BCUT2D eigenvalue weighted by atomic mass is 9.95. The molecule has 0 saturated carbocycles. The van der Waals surface area contributed by atoms with Gasteiger partial charge in [-0.25, -0.2) is 4.98 Å². The van der Waals surface area contributed by atoms with Gasteiger partial charge in [0.05, 0.1) is 41.7 Å². The molecule has 1 N–H and O–H groups in total.